The highest BCUT2D eigenvalue weighted by molar-refractivity contribution is 5.78. The third-order valence-corrected chi connectivity index (χ3v) is 4.77. The van der Waals surface area contributed by atoms with Crippen molar-refractivity contribution < 1.29 is 4.79 Å². The Balaban J connectivity index is 1.44. The number of carbonyl (C=O) groups excluding carboxylic acids is 1. The van der Waals surface area contributed by atoms with Crippen molar-refractivity contribution >= 4 is 5.91 Å². The Morgan fingerprint density at radius 3 is 2.22 bits per heavy atom. The maximum absolute atomic E-state index is 12.3. The van der Waals surface area contributed by atoms with Gasteiger partial charge in [0.05, 0.1) is 18.2 Å². The minimum Gasteiger partial charge on any atom is -0.339 e. The molecular formula is C18H24N4O. The summed E-state index contributed by atoms with van der Waals surface area (Å²) in [5.74, 6) is 0.282. The molecule has 0 aliphatic carbocycles. The predicted octanol–water partition coefficient (Wildman–Crippen LogP) is 1.30. The van der Waals surface area contributed by atoms with Gasteiger partial charge in [0.15, 0.2) is 0 Å². The summed E-state index contributed by atoms with van der Waals surface area (Å²) >= 11 is 0. The van der Waals surface area contributed by atoms with Gasteiger partial charge in [0.2, 0.25) is 5.91 Å². The zero-order valence-electron chi connectivity index (χ0n) is 13.6. The first-order valence-electron chi connectivity index (χ1n) is 8.46. The summed E-state index contributed by atoms with van der Waals surface area (Å²) in [6.07, 6.45) is 2.46. The fourth-order valence-corrected chi connectivity index (χ4v) is 3.33. The summed E-state index contributed by atoms with van der Waals surface area (Å²) in [7, 11) is 0. The molecule has 122 valence electrons. The lowest BCUT2D eigenvalue weighted by molar-refractivity contribution is -0.134. The SMILES string of the molecule is N#Cc1ccc(CN2CCN(C(=O)CN3CCCC3)CC2)cc1. The van der Waals surface area contributed by atoms with Crippen molar-refractivity contribution in [2.24, 2.45) is 0 Å². The lowest BCUT2D eigenvalue weighted by Crippen LogP contribution is -2.50. The van der Waals surface area contributed by atoms with Crippen molar-refractivity contribution in [2.75, 3.05) is 45.8 Å². The van der Waals surface area contributed by atoms with Crippen molar-refractivity contribution in [1.82, 2.24) is 14.7 Å². The van der Waals surface area contributed by atoms with E-state index in [9.17, 15) is 4.79 Å². The van der Waals surface area contributed by atoms with Gasteiger partial charge in [-0.25, -0.2) is 0 Å². The minimum atomic E-state index is 0.282. The summed E-state index contributed by atoms with van der Waals surface area (Å²) in [4.78, 5) is 19.0. The monoisotopic (exact) mass is 312 g/mol. The van der Waals surface area contributed by atoms with Crippen LogP contribution in [0.3, 0.4) is 0 Å². The van der Waals surface area contributed by atoms with Gasteiger partial charge in [0.25, 0.3) is 0 Å². The van der Waals surface area contributed by atoms with Crippen LogP contribution in [0.15, 0.2) is 24.3 Å². The Kier molecular flexibility index (Phi) is 5.27. The van der Waals surface area contributed by atoms with Gasteiger partial charge in [-0.3, -0.25) is 14.6 Å². The van der Waals surface area contributed by atoms with Crippen LogP contribution in [0.25, 0.3) is 0 Å². The normalized spacial score (nSPS) is 19.7. The highest BCUT2D eigenvalue weighted by atomic mass is 16.2. The first-order chi connectivity index (χ1) is 11.2. The van der Waals surface area contributed by atoms with E-state index < -0.39 is 0 Å². The number of likely N-dealkylation sites (tertiary alicyclic amines) is 1. The Labute approximate surface area is 138 Å². The third kappa shape index (κ3) is 4.31. The van der Waals surface area contributed by atoms with Gasteiger partial charge >= 0.3 is 0 Å². The molecule has 1 aromatic rings. The number of hydrogen-bond acceptors (Lipinski definition) is 4. The van der Waals surface area contributed by atoms with Gasteiger partial charge in [-0.1, -0.05) is 12.1 Å². The van der Waals surface area contributed by atoms with E-state index >= 15 is 0 Å². The van der Waals surface area contributed by atoms with Gasteiger partial charge in [0, 0.05) is 32.7 Å². The fraction of sp³-hybridized carbons (Fsp3) is 0.556. The maximum Gasteiger partial charge on any atom is 0.236 e. The molecular weight excluding hydrogens is 288 g/mol. The fourth-order valence-electron chi connectivity index (χ4n) is 3.33. The Bertz CT molecular complexity index is 564. The van der Waals surface area contributed by atoms with Crippen LogP contribution in [0, 0.1) is 11.3 Å². The van der Waals surface area contributed by atoms with E-state index in [1.54, 1.807) is 0 Å². The lowest BCUT2D eigenvalue weighted by atomic mass is 10.1. The van der Waals surface area contributed by atoms with Crippen LogP contribution < -0.4 is 0 Å². The molecule has 2 aliphatic rings. The molecule has 5 heteroatoms. The van der Waals surface area contributed by atoms with Gasteiger partial charge < -0.3 is 4.90 Å². The van der Waals surface area contributed by atoms with Crippen molar-refractivity contribution in [3.63, 3.8) is 0 Å². The van der Waals surface area contributed by atoms with Gasteiger partial charge in [0.1, 0.15) is 0 Å². The van der Waals surface area contributed by atoms with Crippen molar-refractivity contribution in [1.29, 1.82) is 5.26 Å². The average molecular weight is 312 g/mol. The van der Waals surface area contributed by atoms with Crippen LogP contribution in [0.5, 0.6) is 0 Å². The average Bonchev–Trinajstić information content (AvgIpc) is 3.09. The number of hydrogen-bond donors (Lipinski definition) is 0. The molecule has 0 unspecified atom stereocenters. The van der Waals surface area contributed by atoms with E-state index in [0.717, 1.165) is 45.8 Å². The second-order valence-electron chi connectivity index (χ2n) is 6.45. The van der Waals surface area contributed by atoms with Crippen LogP contribution in [0.4, 0.5) is 0 Å². The molecule has 2 fully saturated rings. The first kappa shape index (κ1) is 16.0. The van der Waals surface area contributed by atoms with E-state index in [1.165, 1.54) is 18.4 Å². The molecule has 2 heterocycles. The molecule has 0 spiro atoms. The Morgan fingerprint density at radius 2 is 1.61 bits per heavy atom. The smallest absolute Gasteiger partial charge is 0.236 e. The zero-order chi connectivity index (χ0) is 16.1. The number of benzene rings is 1. The largest absolute Gasteiger partial charge is 0.339 e. The van der Waals surface area contributed by atoms with Crippen LogP contribution in [-0.4, -0.2) is 66.4 Å². The third-order valence-electron chi connectivity index (χ3n) is 4.77. The molecule has 2 saturated heterocycles. The van der Waals surface area contributed by atoms with E-state index in [-0.39, 0.29) is 5.91 Å². The van der Waals surface area contributed by atoms with Gasteiger partial charge in [-0.2, -0.15) is 5.26 Å². The topological polar surface area (TPSA) is 50.6 Å². The molecule has 1 aromatic carbocycles. The molecule has 3 rings (SSSR count). The molecule has 0 radical (unpaired) electrons. The molecule has 0 aromatic heterocycles. The lowest BCUT2D eigenvalue weighted by Gasteiger charge is -2.35. The summed E-state index contributed by atoms with van der Waals surface area (Å²) in [6.45, 7) is 7.12. The summed E-state index contributed by atoms with van der Waals surface area (Å²) in [5, 5.41) is 8.83. The van der Waals surface area contributed by atoms with E-state index in [2.05, 4.69) is 15.9 Å². The maximum atomic E-state index is 12.3. The van der Waals surface area contributed by atoms with Gasteiger partial charge in [-0.05, 0) is 43.6 Å². The van der Waals surface area contributed by atoms with Crippen molar-refractivity contribution in [3.05, 3.63) is 35.4 Å². The number of nitriles is 1. The van der Waals surface area contributed by atoms with Gasteiger partial charge in [-0.15, -0.1) is 0 Å². The number of nitrogens with zero attached hydrogens (tertiary/aromatic N) is 4. The van der Waals surface area contributed by atoms with Crippen LogP contribution in [-0.2, 0) is 11.3 Å². The van der Waals surface area contributed by atoms with E-state index in [0.29, 0.717) is 12.1 Å². The molecule has 0 atom stereocenters. The quantitative estimate of drug-likeness (QED) is 0.841. The van der Waals surface area contributed by atoms with Crippen molar-refractivity contribution in [2.45, 2.75) is 19.4 Å². The minimum absolute atomic E-state index is 0.282. The summed E-state index contributed by atoms with van der Waals surface area (Å²) in [5.41, 5.74) is 1.92. The Hall–Kier alpha value is -1.90. The molecule has 0 N–H and O–H groups in total. The molecule has 0 bridgehead atoms. The number of piperazine rings is 1. The van der Waals surface area contributed by atoms with E-state index in [4.69, 9.17) is 5.26 Å². The first-order valence-corrected chi connectivity index (χ1v) is 8.46. The molecule has 23 heavy (non-hydrogen) atoms. The highest BCUT2D eigenvalue weighted by Crippen LogP contribution is 2.12. The molecule has 2 aliphatic heterocycles. The standard InChI is InChI=1S/C18H24N4O/c19-13-16-3-5-17(6-4-16)14-21-9-11-22(12-10-21)18(23)15-20-7-1-2-8-20/h3-6H,1-2,7-12,14-15H2. The van der Waals surface area contributed by atoms with Crippen LogP contribution >= 0.6 is 0 Å². The summed E-state index contributed by atoms with van der Waals surface area (Å²) < 4.78 is 0. The predicted molar refractivity (Wildman–Crippen MR) is 88.7 cm³/mol. The molecule has 1 amide bonds. The number of rotatable bonds is 4. The van der Waals surface area contributed by atoms with E-state index in [1.807, 2.05) is 29.2 Å². The van der Waals surface area contributed by atoms with Crippen molar-refractivity contribution in [3.8, 4) is 6.07 Å². The van der Waals surface area contributed by atoms with Crippen LogP contribution in [0.2, 0.25) is 0 Å². The molecule has 5 nitrogen and oxygen atoms in total. The number of carbonyl (C=O) groups is 1. The summed E-state index contributed by atoms with van der Waals surface area (Å²) in [6, 6.07) is 9.91. The van der Waals surface area contributed by atoms with Crippen LogP contribution in [0.1, 0.15) is 24.0 Å². The number of amides is 1. The highest BCUT2D eigenvalue weighted by Gasteiger charge is 2.23. The zero-order valence-corrected chi connectivity index (χ0v) is 13.6. The second kappa shape index (κ2) is 7.58. The molecule has 0 saturated carbocycles. The Morgan fingerprint density at radius 1 is 0.957 bits per heavy atom. The second-order valence-corrected chi connectivity index (χ2v) is 6.45.